The van der Waals surface area contributed by atoms with E-state index in [9.17, 15) is 19.1 Å². The molecule has 0 unspecified atom stereocenters. The van der Waals surface area contributed by atoms with Crippen LogP contribution in [0, 0.1) is 11.6 Å². The van der Waals surface area contributed by atoms with E-state index < -0.39 is 34.5 Å². The number of hydrogen-bond donors (Lipinski definition) is 2. The van der Waals surface area contributed by atoms with E-state index in [4.69, 9.17) is 15.2 Å². The summed E-state index contributed by atoms with van der Waals surface area (Å²) in [4.78, 5) is 30.0. The van der Waals surface area contributed by atoms with Gasteiger partial charge in [-0.3, -0.25) is 4.79 Å². The Morgan fingerprint density at radius 3 is 2.72 bits per heavy atom. The van der Waals surface area contributed by atoms with Crippen LogP contribution in [0.3, 0.4) is 0 Å². The van der Waals surface area contributed by atoms with Crippen molar-refractivity contribution < 1.29 is 28.2 Å². The SMILES string of the molecule is CC[C@@]1(O)C(=O)OCc2c1cc1n(c2=O)Cc2c-1nc1cc(F)c(OC)c(F)c1c2CN. The van der Waals surface area contributed by atoms with Crippen molar-refractivity contribution >= 4 is 16.9 Å². The Kier molecular flexibility index (Phi) is 4.37. The van der Waals surface area contributed by atoms with Crippen molar-refractivity contribution in [1.82, 2.24) is 9.55 Å². The van der Waals surface area contributed by atoms with E-state index >= 15 is 4.39 Å². The summed E-state index contributed by atoms with van der Waals surface area (Å²) in [5, 5.41) is 11.0. The Balaban J connectivity index is 1.85. The molecule has 1 atom stereocenters. The molecule has 0 fully saturated rings. The van der Waals surface area contributed by atoms with E-state index in [1.54, 1.807) is 6.92 Å². The molecule has 1 aromatic carbocycles. The maximum absolute atomic E-state index is 15.1. The Morgan fingerprint density at radius 1 is 1.31 bits per heavy atom. The number of cyclic esters (lactones) is 1. The van der Waals surface area contributed by atoms with Gasteiger partial charge in [-0.15, -0.1) is 0 Å². The molecule has 166 valence electrons. The molecule has 5 rings (SSSR count). The first-order valence-electron chi connectivity index (χ1n) is 10.0. The second kappa shape index (κ2) is 6.81. The summed E-state index contributed by atoms with van der Waals surface area (Å²) >= 11 is 0. The van der Waals surface area contributed by atoms with Crippen molar-refractivity contribution in [1.29, 1.82) is 0 Å². The molecule has 32 heavy (non-hydrogen) atoms. The van der Waals surface area contributed by atoms with E-state index in [-0.39, 0.29) is 48.1 Å². The van der Waals surface area contributed by atoms with Gasteiger partial charge < -0.3 is 24.9 Å². The van der Waals surface area contributed by atoms with E-state index in [2.05, 4.69) is 4.98 Å². The topological polar surface area (TPSA) is 117 Å². The fraction of sp³-hybridized carbons (Fsp3) is 0.318. The van der Waals surface area contributed by atoms with Crippen LogP contribution < -0.4 is 16.0 Å². The molecule has 0 bridgehead atoms. The first kappa shape index (κ1) is 20.5. The fourth-order valence-corrected chi connectivity index (χ4v) is 4.65. The maximum atomic E-state index is 15.1. The first-order chi connectivity index (χ1) is 15.3. The quantitative estimate of drug-likeness (QED) is 0.464. The van der Waals surface area contributed by atoms with Crippen LogP contribution in [-0.2, 0) is 34.8 Å². The number of benzene rings is 1. The number of halogens is 2. The molecule has 0 saturated heterocycles. The van der Waals surface area contributed by atoms with Crippen molar-refractivity contribution in [2.75, 3.05) is 7.11 Å². The molecule has 3 N–H and O–H groups in total. The zero-order valence-electron chi connectivity index (χ0n) is 17.3. The van der Waals surface area contributed by atoms with Crippen LogP contribution in [0.2, 0.25) is 0 Å². The van der Waals surface area contributed by atoms with Crippen LogP contribution in [0.5, 0.6) is 5.75 Å². The Labute approximate surface area is 180 Å². The summed E-state index contributed by atoms with van der Waals surface area (Å²) in [6.07, 6.45) is 0.00397. The molecule has 2 aromatic heterocycles. The lowest BCUT2D eigenvalue weighted by atomic mass is 9.86. The lowest BCUT2D eigenvalue weighted by molar-refractivity contribution is -0.172. The summed E-state index contributed by atoms with van der Waals surface area (Å²) in [6.45, 7) is 1.31. The smallest absolute Gasteiger partial charge is 0.343 e. The number of hydrogen-bond acceptors (Lipinski definition) is 7. The van der Waals surface area contributed by atoms with Crippen LogP contribution in [-0.4, -0.2) is 27.7 Å². The van der Waals surface area contributed by atoms with E-state index in [1.165, 1.54) is 10.6 Å². The average molecular weight is 443 g/mol. The van der Waals surface area contributed by atoms with E-state index in [0.29, 0.717) is 22.5 Å². The summed E-state index contributed by atoms with van der Waals surface area (Å²) in [6, 6.07) is 2.58. The molecule has 4 heterocycles. The number of methoxy groups -OCH3 is 1. The van der Waals surface area contributed by atoms with Crippen molar-refractivity contribution in [3.8, 4) is 17.1 Å². The Hall–Kier alpha value is -3.37. The normalized spacial score (nSPS) is 18.9. The molecule has 0 amide bonds. The Morgan fingerprint density at radius 2 is 2.06 bits per heavy atom. The molecule has 8 nitrogen and oxygen atoms in total. The van der Waals surface area contributed by atoms with Gasteiger partial charge in [0.05, 0.1) is 36.1 Å². The molecule has 0 radical (unpaired) electrons. The van der Waals surface area contributed by atoms with Crippen LogP contribution in [0.25, 0.3) is 22.3 Å². The number of carbonyl (C=O) groups excluding carboxylic acids is 1. The highest BCUT2D eigenvalue weighted by Crippen LogP contribution is 2.41. The van der Waals surface area contributed by atoms with Gasteiger partial charge in [-0.1, -0.05) is 6.92 Å². The monoisotopic (exact) mass is 443 g/mol. The molecular formula is C22H19F2N3O5. The molecule has 2 aliphatic heterocycles. The predicted octanol–water partition coefficient (Wildman–Crippen LogP) is 1.83. The molecular weight excluding hydrogens is 424 g/mol. The highest BCUT2D eigenvalue weighted by atomic mass is 19.1. The van der Waals surface area contributed by atoms with Gasteiger partial charge in [0.1, 0.15) is 6.61 Å². The van der Waals surface area contributed by atoms with Gasteiger partial charge >= 0.3 is 5.97 Å². The first-order valence-corrected chi connectivity index (χ1v) is 10.0. The lowest BCUT2D eigenvalue weighted by Crippen LogP contribution is -2.44. The minimum atomic E-state index is -1.97. The van der Waals surface area contributed by atoms with Crippen molar-refractivity contribution in [3.63, 3.8) is 0 Å². The van der Waals surface area contributed by atoms with Crippen LogP contribution in [0.1, 0.15) is 35.6 Å². The minimum absolute atomic E-state index is 0.00397. The van der Waals surface area contributed by atoms with Crippen LogP contribution >= 0.6 is 0 Å². The van der Waals surface area contributed by atoms with Crippen molar-refractivity contribution in [3.05, 3.63) is 56.4 Å². The minimum Gasteiger partial charge on any atom is -0.491 e. The molecule has 3 aromatic rings. The fourth-order valence-electron chi connectivity index (χ4n) is 4.65. The summed E-state index contributed by atoms with van der Waals surface area (Å²) in [7, 11) is 1.16. The third-order valence-electron chi connectivity index (χ3n) is 6.35. The second-order valence-electron chi connectivity index (χ2n) is 7.82. The largest absolute Gasteiger partial charge is 0.491 e. The van der Waals surface area contributed by atoms with E-state index in [1.807, 2.05) is 0 Å². The second-order valence-corrected chi connectivity index (χ2v) is 7.82. The van der Waals surface area contributed by atoms with E-state index in [0.717, 1.165) is 13.2 Å². The van der Waals surface area contributed by atoms with Crippen LogP contribution in [0.15, 0.2) is 16.9 Å². The van der Waals surface area contributed by atoms with Gasteiger partial charge in [-0.25, -0.2) is 18.6 Å². The summed E-state index contributed by atoms with van der Waals surface area (Å²) in [5.41, 5.74) is 5.41. The third-order valence-corrected chi connectivity index (χ3v) is 6.35. The predicted molar refractivity (Wildman–Crippen MR) is 109 cm³/mol. The van der Waals surface area contributed by atoms with Crippen molar-refractivity contribution in [2.45, 2.75) is 38.6 Å². The number of fused-ring (bicyclic) bond motifs is 5. The number of aromatic nitrogens is 2. The Bertz CT molecular complexity index is 1400. The zero-order chi connectivity index (χ0) is 22.9. The van der Waals surface area contributed by atoms with Gasteiger partial charge in [-0.2, -0.15) is 0 Å². The molecule has 2 aliphatic rings. The van der Waals surface area contributed by atoms with Crippen molar-refractivity contribution in [2.24, 2.45) is 5.73 Å². The molecule has 0 saturated carbocycles. The number of rotatable bonds is 3. The number of nitrogens with zero attached hydrogens (tertiary/aromatic N) is 2. The average Bonchev–Trinajstić information content (AvgIpc) is 3.14. The standard InChI is InChI=1S/C22H19F2N3O5/c1-3-22(30)12-4-15-18-10(7-27(15)20(28)11(12)8-32-21(22)29)9(6-25)16-14(26-18)5-13(23)19(31-2)17(16)24/h4-5,30H,3,6-8,25H2,1-2H3/t22-/m0/s1. The maximum Gasteiger partial charge on any atom is 0.343 e. The highest BCUT2D eigenvalue weighted by Gasteiger charge is 2.45. The van der Waals surface area contributed by atoms with Gasteiger partial charge in [-0.05, 0) is 18.1 Å². The number of nitrogens with two attached hydrogens (primary N) is 1. The molecule has 10 heteroatoms. The number of carbonyl (C=O) groups is 1. The third kappa shape index (κ3) is 2.44. The number of aliphatic hydroxyl groups is 1. The highest BCUT2D eigenvalue weighted by molar-refractivity contribution is 5.90. The van der Waals surface area contributed by atoms with Crippen LogP contribution in [0.4, 0.5) is 8.78 Å². The zero-order valence-corrected chi connectivity index (χ0v) is 17.3. The number of esters is 1. The van der Waals surface area contributed by atoms with Gasteiger partial charge in [0.2, 0.25) is 0 Å². The lowest BCUT2D eigenvalue weighted by Gasteiger charge is -2.31. The number of ether oxygens (including phenoxy) is 2. The number of pyridine rings is 2. The summed E-state index contributed by atoms with van der Waals surface area (Å²) in [5.74, 6) is -3.21. The van der Waals surface area contributed by atoms with Gasteiger partial charge in [0, 0.05) is 29.1 Å². The van der Waals surface area contributed by atoms with Gasteiger partial charge in [0.15, 0.2) is 23.0 Å². The van der Waals surface area contributed by atoms with Gasteiger partial charge in [0.25, 0.3) is 5.56 Å². The summed E-state index contributed by atoms with van der Waals surface area (Å²) < 4.78 is 40.8. The molecule has 0 spiro atoms. The molecule has 0 aliphatic carbocycles.